The van der Waals surface area contributed by atoms with Gasteiger partial charge in [-0.05, 0) is 6.08 Å². The van der Waals surface area contributed by atoms with Crippen LogP contribution >= 0.6 is 0 Å². The Hall–Kier alpha value is -2.50. The number of rotatable bonds is 3. The van der Waals surface area contributed by atoms with E-state index in [0.29, 0.717) is 11.5 Å². The van der Waals surface area contributed by atoms with E-state index in [1.165, 1.54) is 6.08 Å². The maximum atomic E-state index is 10.3. The highest BCUT2D eigenvalue weighted by Gasteiger charge is 1.97. The fourth-order valence-electron chi connectivity index (χ4n) is 1.10. The van der Waals surface area contributed by atoms with Crippen molar-refractivity contribution in [1.29, 1.82) is 0 Å². The highest BCUT2D eigenvalue weighted by Crippen LogP contribution is 2.02. The number of carbonyl (C=O) groups is 1. The Bertz CT molecular complexity index is 502. The van der Waals surface area contributed by atoms with Gasteiger partial charge in [0.2, 0.25) is 5.95 Å². The fraction of sp³-hybridized carbons (Fsp3) is 0. The van der Waals surface area contributed by atoms with Gasteiger partial charge < -0.3 is 5.11 Å². The molecular weight excluding hydrogens is 208 g/mol. The van der Waals surface area contributed by atoms with E-state index >= 15 is 0 Å². The summed E-state index contributed by atoms with van der Waals surface area (Å²) < 4.78 is 1.66. The average molecular weight is 216 g/mol. The SMILES string of the molecule is O=C(O)/C=C/c1cnc(-n2ccnc2)nc1. The smallest absolute Gasteiger partial charge is 0.328 e. The average Bonchev–Trinajstić information content (AvgIpc) is 2.80. The van der Waals surface area contributed by atoms with Crippen LogP contribution in [-0.4, -0.2) is 30.6 Å². The van der Waals surface area contributed by atoms with Gasteiger partial charge in [0.15, 0.2) is 0 Å². The first-order chi connectivity index (χ1) is 7.75. The van der Waals surface area contributed by atoms with E-state index in [0.717, 1.165) is 6.08 Å². The summed E-state index contributed by atoms with van der Waals surface area (Å²) in [5, 5.41) is 8.44. The first kappa shape index (κ1) is 10.0. The summed E-state index contributed by atoms with van der Waals surface area (Å²) in [6.45, 7) is 0. The molecule has 0 fully saturated rings. The number of imidazole rings is 1. The zero-order valence-electron chi connectivity index (χ0n) is 8.19. The summed E-state index contributed by atoms with van der Waals surface area (Å²) >= 11 is 0. The second-order valence-electron chi connectivity index (χ2n) is 2.96. The number of aliphatic carboxylic acids is 1. The summed E-state index contributed by atoms with van der Waals surface area (Å²) in [4.78, 5) is 22.3. The van der Waals surface area contributed by atoms with Gasteiger partial charge >= 0.3 is 5.97 Å². The quantitative estimate of drug-likeness (QED) is 0.766. The fourth-order valence-corrected chi connectivity index (χ4v) is 1.10. The van der Waals surface area contributed by atoms with Crippen LogP contribution in [0.5, 0.6) is 0 Å². The lowest BCUT2D eigenvalue weighted by Crippen LogP contribution is -1.97. The Morgan fingerprint density at radius 1 is 1.38 bits per heavy atom. The third-order valence-electron chi connectivity index (χ3n) is 1.81. The van der Waals surface area contributed by atoms with Crippen LogP contribution in [-0.2, 0) is 4.79 Å². The van der Waals surface area contributed by atoms with E-state index in [1.807, 2.05) is 0 Å². The zero-order valence-corrected chi connectivity index (χ0v) is 8.19. The Labute approximate surface area is 90.9 Å². The highest BCUT2D eigenvalue weighted by atomic mass is 16.4. The van der Waals surface area contributed by atoms with Crippen LogP contribution in [0.3, 0.4) is 0 Å². The maximum absolute atomic E-state index is 10.3. The van der Waals surface area contributed by atoms with Crippen molar-refractivity contribution in [2.75, 3.05) is 0 Å². The molecule has 0 radical (unpaired) electrons. The molecule has 0 amide bonds. The molecule has 0 aromatic carbocycles. The molecule has 2 aromatic rings. The van der Waals surface area contributed by atoms with Gasteiger partial charge in [0, 0.05) is 36.4 Å². The molecule has 2 rings (SSSR count). The molecular formula is C10H8N4O2. The van der Waals surface area contributed by atoms with E-state index < -0.39 is 5.97 Å². The van der Waals surface area contributed by atoms with Crippen molar-refractivity contribution in [1.82, 2.24) is 19.5 Å². The van der Waals surface area contributed by atoms with Crippen LogP contribution in [0.15, 0.2) is 37.2 Å². The molecule has 0 saturated carbocycles. The number of hydrogen-bond donors (Lipinski definition) is 1. The van der Waals surface area contributed by atoms with Gasteiger partial charge in [-0.2, -0.15) is 0 Å². The Balaban J connectivity index is 2.20. The minimum absolute atomic E-state index is 0.491. The van der Waals surface area contributed by atoms with Crippen LogP contribution in [0.4, 0.5) is 0 Å². The minimum atomic E-state index is -1.00. The predicted octanol–water partition coefficient (Wildman–Crippen LogP) is 0.760. The largest absolute Gasteiger partial charge is 0.478 e. The first-order valence-corrected chi connectivity index (χ1v) is 4.47. The van der Waals surface area contributed by atoms with Gasteiger partial charge in [-0.25, -0.2) is 19.7 Å². The van der Waals surface area contributed by atoms with Crippen LogP contribution in [0.1, 0.15) is 5.56 Å². The molecule has 0 aliphatic rings. The van der Waals surface area contributed by atoms with Crippen LogP contribution in [0.25, 0.3) is 12.0 Å². The lowest BCUT2D eigenvalue weighted by atomic mass is 10.3. The molecule has 6 nitrogen and oxygen atoms in total. The van der Waals surface area contributed by atoms with E-state index in [4.69, 9.17) is 5.11 Å². The summed E-state index contributed by atoms with van der Waals surface area (Å²) in [6, 6.07) is 0. The molecule has 0 unspecified atom stereocenters. The third kappa shape index (κ3) is 2.30. The molecule has 6 heteroatoms. The summed E-state index contributed by atoms with van der Waals surface area (Å²) in [5.41, 5.74) is 0.631. The van der Waals surface area contributed by atoms with Crippen molar-refractivity contribution in [3.63, 3.8) is 0 Å². The molecule has 1 N–H and O–H groups in total. The Morgan fingerprint density at radius 2 is 2.12 bits per heavy atom. The topological polar surface area (TPSA) is 80.9 Å². The van der Waals surface area contributed by atoms with Gasteiger partial charge in [-0.3, -0.25) is 4.57 Å². The molecule has 0 saturated heterocycles. The first-order valence-electron chi connectivity index (χ1n) is 4.47. The summed E-state index contributed by atoms with van der Waals surface area (Å²) in [6.07, 6.45) is 10.5. The van der Waals surface area contributed by atoms with Crippen molar-refractivity contribution >= 4 is 12.0 Å². The van der Waals surface area contributed by atoms with Gasteiger partial charge in [0.1, 0.15) is 6.33 Å². The molecule has 0 atom stereocenters. The standard InChI is InChI=1S/C10H8N4O2/c15-9(16)2-1-8-5-12-10(13-6-8)14-4-3-11-7-14/h1-7H,(H,15,16)/b2-1+. The zero-order chi connectivity index (χ0) is 11.4. The number of aromatic nitrogens is 4. The number of nitrogens with zero attached hydrogens (tertiary/aromatic N) is 4. The van der Waals surface area contributed by atoms with Crippen molar-refractivity contribution in [3.8, 4) is 5.95 Å². The second-order valence-corrected chi connectivity index (χ2v) is 2.96. The normalized spacial score (nSPS) is 10.8. The molecule has 0 bridgehead atoms. The van der Waals surface area contributed by atoms with Crippen molar-refractivity contribution < 1.29 is 9.90 Å². The van der Waals surface area contributed by atoms with Crippen LogP contribution in [0.2, 0.25) is 0 Å². The molecule has 0 aliphatic carbocycles. The Morgan fingerprint density at radius 3 is 2.69 bits per heavy atom. The molecule has 16 heavy (non-hydrogen) atoms. The molecule has 0 spiro atoms. The number of hydrogen-bond acceptors (Lipinski definition) is 4. The van der Waals surface area contributed by atoms with Gasteiger partial charge in [0.05, 0.1) is 0 Å². The highest BCUT2D eigenvalue weighted by molar-refractivity contribution is 5.85. The maximum Gasteiger partial charge on any atom is 0.328 e. The second kappa shape index (κ2) is 4.35. The molecule has 80 valence electrons. The van der Waals surface area contributed by atoms with Crippen LogP contribution in [0, 0.1) is 0 Å². The van der Waals surface area contributed by atoms with Gasteiger partial charge in [-0.15, -0.1) is 0 Å². The predicted molar refractivity (Wildman–Crippen MR) is 55.8 cm³/mol. The van der Waals surface area contributed by atoms with Crippen molar-refractivity contribution in [2.24, 2.45) is 0 Å². The van der Waals surface area contributed by atoms with Gasteiger partial charge in [-0.1, -0.05) is 0 Å². The lowest BCUT2D eigenvalue weighted by molar-refractivity contribution is -0.131. The Kier molecular flexibility index (Phi) is 2.73. The van der Waals surface area contributed by atoms with E-state index in [1.54, 1.807) is 35.7 Å². The van der Waals surface area contributed by atoms with E-state index in [2.05, 4.69) is 15.0 Å². The summed E-state index contributed by atoms with van der Waals surface area (Å²) in [5.74, 6) is -0.510. The lowest BCUT2D eigenvalue weighted by Gasteiger charge is -1.98. The van der Waals surface area contributed by atoms with Crippen molar-refractivity contribution in [3.05, 3.63) is 42.8 Å². The molecule has 2 heterocycles. The number of carboxylic acids is 1. The minimum Gasteiger partial charge on any atom is -0.478 e. The van der Waals surface area contributed by atoms with Gasteiger partial charge in [0.25, 0.3) is 0 Å². The summed E-state index contributed by atoms with van der Waals surface area (Å²) in [7, 11) is 0. The monoisotopic (exact) mass is 216 g/mol. The van der Waals surface area contributed by atoms with Crippen molar-refractivity contribution in [2.45, 2.75) is 0 Å². The molecule has 2 aromatic heterocycles. The van der Waals surface area contributed by atoms with E-state index in [9.17, 15) is 4.79 Å². The van der Waals surface area contributed by atoms with E-state index in [-0.39, 0.29) is 0 Å². The number of carboxylic acid groups (broad SMARTS) is 1. The van der Waals surface area contributed by atoms with Crippen LogP contribution < -0.4 is 0 Å². The molecule has 0 aliphatic heterocycles. The third-order valence-corrected chi connectivity index (χ3v) is 1.81.